The molecule has 3 heterocycles. The van der Waals surface area contributed by atoms with Crippen molar-refractivity contribution in [1.29, 1.82) is 0 Å². The molecule has 6 rings (SSSR count). The number of anilines is 1. The minimum absolute atomic E-state index is 0.0658. The highest BCUT2D eigenvalue weighted by molar-refractivity contribution is 5.84. The lowest BCUT2D eigenvalue weighted by atomic mass is 9.73. The van der Waals surface area contributed by atoms with Gasteiger partial charge in [-0.2, -0.15) is 0 Å². The number of nitrogens with zero attached hydrogens (tertiary/aromatic N) is 4. The highest BCUT2D eigenvalue weighted by Crippen LogP contribution is 2.39. The number of nitrogens with one attached hydrogen (secondary N) is 1. The van der Waals surface area contributed by atoms with Crippen molar-refractivity contribution in [3.8, 4) is 28.3 Å². The van der Waals surface area contributed by atoms with Crippen LogP contribution < -0.4 is 22.5 Å². The summed E-state index contributed by atoms with van der Waals surface area (Å²) in [7, 11) is 0. The molecule has 2 aromatic carbocycles. The third-order valence-electron chi connectivity index (χ3n) is 9.32. The number of carbonyl (C=O) groups is 2. The first kappa shape index (κ1) is 32.8. The number of carbonyl (C=O) groups excluding carboxylic acids is 2. The van der Waals surface area contributed by atoms with Gasteiger partial charge in [-0.05, 0) is 92.1 Å². The molecule has 1 aliphatic rings. The number of pyridine rings is 2. The van der Waals surface area contributed by atoms with E-state index >= 15 is 0 Å². The van der Waals surface area contributed by atoms with Crippen LogP contribution in [0.1, 0.15) is 75.3 Å². The molecule has 248 valence electrons. The normalized spacial score (nSPS) is 13.7. The molecule has 0 atom stereocenters. The number of rotatable bonds is 15. The van der Waals surface area contributed by atoms with Crippen molar-refractivity contribution in [2.75, 3.05) is 12.3 Å². The maximum atomic E-state index is 12.4. The molecule has 0 spiro atoms. The Balaban J connectivity index is 1.18. The number of hydrogen-bond donors (Lipinski definition) is 4. The van der Waals surface area contributed by atoms with Crippen LogP contribution in [0.2, 0.25) is 0 Å². The summed E-state index contributed by atoms with van der Waals surface area (Å²) in [6, 6.07) is 24.4. The van der Waals surface area contributed by atoms with E-state index < -0.39 is 0 Å². The fourth-order valence-electron chi connectivity index (χ4n) is 6.37. The van der Waals surface area contributed by atoms with Crippen LogP contribution in [-0.4, -0.2) is 37.9 Å². The van der Waals surface area contributed by atoms with E-state index in [1.807, 2.05) is 34.9 Å². The first-order valence-electron chi connectivity index (χ1n) is 17.0. The van der Waals surface area contributed by atoms with Gasteiger partial charge >= 0.3 is 0 Å². The van der Waals surface area contributed by atoms with E-state index in [-0.39, 0.29) is 17.4 Å². The number of benzene rings is 2. The predicted octanol–water partition coefficient (Wildman–Crippen LogP) is 5.94. The van der Waals surface area contributed by atoms with Gasteiger partial charge in [-0.15, -0.1) is 0 Å². The van der Waals surface area contributed by atoms with Gasteiger partial charge < -0.3 is 22.5 Å². The van der Waals surface area contributed by atoms with Crippen LogP contribution >= 0.6 is 0 Å². The zero-order valence-electron chi connectivity index (χ0n) is 27.3. The predicted molar refractivity (Wildman–Crippen MR) is 190 cm³/mol. The lowest BCUT2D eigenvalue weighted by Gasteiger charge is -2.38. The number of nitrogens with two attached hydrogens (primary N) is 3. The summed E-state index contributed by atoms with van der Waals surface area (Å²) in [5.41, 5.74) is 25.1. The average molecular weight is 645 g/mol. The monoisotopic (exact) mass is 644 g/mol. The number of primary amides is 1. The van der Waals surface area contributed by atoms with Crippen LogP contribution in [0.25, 0.3) is 39.5 Å². The second kappa shape index (κ2) is 14.8. The molecular formula is C38H44N8O2. The summed E-state index contributed by atoms with van der Waals surface area (Å²) >= 11 is 0. The van der Waals surface area contributed by atoms with Crippen LogP contribution in [0, 0.1) is 0 Å². The number of hydrogen-bond acceptors (Lipinski definition) is 7. The number of unbranched alkanes of at least 4 members (excludes halogenated alkanes) is 4. The fraction of sp³-hybridized carbons (Fsp3) is 0.342. The van der Waals surface area contributed by atoms with Gasteiger partial charge in [0.15, 0.2) is 11.5 Å². The molecule has 10 heteroatoms. The Kier molecular flexibility index (Phi) is 10.1. The van der Waals surface area contributed by atoms with Gasteiger partial charge in [-0.25, -0.2) is 15.0 Å². The van der Waals surface area contributed by atoms with Gasteiger partial charge in [0.05, 0.1) is 11.3 Å². The van der Waals surface area contributed by atoms with E-state index in [1.54, 1.807) is 6.20 Å². The topological polar surface area (TPSA) is 168 Å². The van der Waals surface area contributed by atoms with Crippen molar-refractivity contribution in [2.24, 2.45) is 11.5 Å². The van der Waals surface area contributed by atoms with Crippen LogP contribution in [0.3, 0.4) is 0 Å². The largest absolute Gasteiger partial charge is 0.383 e. The standard InChI is InChI=1S/C38H44N8O2/c39-33(47)12-4-2-1-3-5-13-34(48)42-24-20-26-9-6-10-27(25-26)31-18-19-32-37(44-31)46(36(45-32)30-11-7-23-43-35(30)40)29-16-14-28(15-17-29)38(41)21-8-22-38/h6-7,9-11,14-19,23,25H,1-5,8,12-13,20-22,24,41H2,(H2,39,47)(H2,40,43)(H,42,48). The zero-order valence-corrected chi connectivity index (χ0v) is 27.3. The van der Waals surface area contributed by atoms with Gasteiger partial charge in [0.1, 0.15) is 11.3 Å². The first-order valence-corrected chi connectivity index (χ1v) is 17.0. The van der Waals surface area contributed by atoms with Gasteiger partial charge in [-0.3, -0.25) is 14.2 Å². The fourth-order valence-corrected chi connectivity index (χ4v) is 6.37. The Hall–Kier alpha value is -5.09. The van der Waals surface area contributed by atoms with Gasteiger partial charge in [0, 0.05) is 42.4 Å². The maximum absolute atomic E-state index is 12.4. The summed E-state index contributed by atoms with van der Waals surface area (Å²) in [5, 5.41) is 3.05. The third-order valence-corrected chi connectivity index (χ3v) is 9.32. The molecule has 7 N–H and O–H groups in total. The molecule has 0 radical (unpaired) electrons. The highest BCUT2D eigenvalue weighted by atomic mass is 16.1. The number of aromatic nitrogens is 4. The number of nitrogen functional groups attached to an aromatic ring is 1. The van der Waals surface area contributed by atoms with Crippen LogP contribution in [-0.2, 0) is 21.5 Å². The minimum Gasteiger partial charge on any atom is -0.383 e. The Morgan fingerprint density at radius 2 is 1.65 bits per heavy atom. The summed E-state index contributed by atoms with van der Waals surface area (Å²) in [6.07, 6.45) is 11.1. The minimum atomic E-state index is -0.252. The smallest absolute Gasteiger partial charge is 0.220 e. The summed E-state index contributed by atoms with van der Waals surface area (Å²) in [5.74, 6) is 0.887. The SMILES string of the molecule is NC(=O)CCCCCCCC(=O)NCCc1cccc(-c2ccc3nc(-c4cccnc4N)n(-c4ccc(C5(N)CCC5)cc4)c3n2)c1. The molecule has 1 aliphatic carbocycles. The molecule has 1 saturated carbocycles. The maximum Gasteiger partial charge on any atom is 0.220 e. The number of fused-ring (bicyclic) bond motifs is 1. The summed E-state index contributed by atoms with van der Waals surface area (Å²) in [4.78, 5) is 37.6. The van der Waals surface area contributed by atoms with Crippen molar-refractivity contribution in [3.05, 3.63) is 90.1 Å². The highest BCUT2D eigenvalue weighted by Gasteiger charge is 2.34. The van der Waals surface area contributed by atoms with E-state index in [2.05, 4.69) is 52.8 Å². The summed E-state index contributed by atoms with van der Waals surface area (Å²) < 4.78 is 2.04. The Morgan fingerprint density at radius 3 is 2.38 bits per heavy atom. The van der Waals surface area contributed by atoms with Crippen molar-refractivity contribution in [2.45, 2.75) is 76.2 Å². The van der Waals surface area contributed by atoms with E-state index in [1.165, 1.54) is 0 Å². The van der Waals surface area contributed by atoms with E-state index in [9.17, 15) is 9.59 Å². The molecule has 0 bridgehead atoms. The Bertz CT molecular complexity index is 1900. The van der Waals surface area contributed by atoms with E-state index in [0.717, 1.165) is 96.2 Å². The second-order valence-corrected chi connectivity index (χ2v) is 12.8. The van der Waals surface area contributed by atoms with Crippen molar-refractivity contribution in [1.82, 2.24) is 24.8 Å². The van der Waals surface area contributed by atoms with Crippen LogP contribution in [0.4, 0.5) is 5.82 Å². The van der Waals surface area contributed by atoms with Gasteiger partial charge in [0.2, 0.25) is 11.8 Å². The lowest BCUT2D eigenvalue weighted by molar-refractivity contribution is -0.121. The Labute approximate surface area is 281 Å². The Morgan fingerprint density at radius 1 is 0.875 bits per heavy atom. The molecule has 10 nitrogen and oxygen atoms in total. The quantitative estimate of drug-likeness (QED) is 0.102. The van der Waals surface area contributed by atoms with Crippen LogP contribution in [0.5, 0.6) is 0 Å². The zero-order chi connectivity index (χ0) is 33.5. The third kappa shape index (κ3) is 7.55. The van der Waals surface area contributed by atoms with Crippen molar-refractivity contribution in [3.63, 3.8) is 0 Å². The molecule has 5 aromatic rings. The molecule has 2 amide bonds. The molecule has 3 aromatic heterocycles. The van der Waals surface area contributed by atoms with E-state index in [0.29, 0.717) is 37.4 Å². The molecule has 48 heavy (non-hydrogen) atoms. The van der Waals surface area contributed by atoms with Crippen molar-refractivity contribution < 1.29 is 9.59 Å². The van der Waals surface area contributed by atoms with Gasteiger partial charge in [-0.1, -0.05) is 49.6 Å². The molecule has 0 unspecified atom stereocenters. The second-order valence-electron chi connectivity index (χ2n) is 12.8. The lowest BCUT2D eigenvalue weighted by Crippen LogP contribution is -2.43. The molecule has 0 aliphatic heterocycles. The van der Waals surface area contributed by atoms with Crippen molar-refractivity contribution >= 4 is 28.8 Å². The van der Waals surface area contributed by atoms with E-state index in [4.69, 9.17) is 27.2 Å². The average Bonchev–Trinajstić information content (AvgIpc) is 3.45. The summed E-state index contributed by atoms with van der Waals surface area (Å²) in [6.45, 7) is 0.566. The van der Waals surface area contributed by atoms with Crippen LogP contribution in [0.15, 0.2) is 79.0 Å². The number of amides is 2. The molecule has 1 fully saturated rings. The molecule has 0 saturated heterocycles. The van der Waals surface area contributed by atoms with Gasteiger partial charge in [0.25, 0.3) is 0 Å². The first-order chi connectivity index (χ1) is 23.3. The molecular weight excluding hydrogens is 600 g/mol. The number of imidazole rings is 1.